The van der Waals surface area contributed by atoms with Crippen molar-refractivity contribution in [2.45, 2.75) is 13.8 Å². The molecule has 0 unspecified atom stereocenters. The van der Waals surface area contributed by atoms with Gasteiger partial charge >= 0.3 is 0 Å². The number of aromatic nitrogens is 2. The summed E-state index contributed by atoms with van der Waals surface area (Å²) in [6.45, 7) is 7.73. The van der Waals surface area contributed by atoms with Crippen LogP contribution in [0.4, 0.5) is 0 Å². The van der Waals surface area contributed by atoms with Gasteiger partial charge in [0, 0.05) is 26.3 Å². The molecule has 0 aliphatic heterocycles. The van der Waals surface area contributed by atoms with Gasteiger partial charge < -0.3 is 10.2 Å². The van der Waals surface area contributed by atoms with Gasteiger partial charge in [0.15, 0.2) is 5.69 Å². The van der Waals surface area contributed by atoms with Gasteiger partial charge in [-0.1, -0.05) is 13.8 Å². The average Bonchev–Trinajstić information content (AvgIpc) is 2.64. The first-order chi connectivity index (χ1) is 8.08. The molecule has 0 saturated carbocycles. The van der Waals surface area contributed by atoms with E-state index < -0.39 is 0 Å². The van der Waals surface area contributed by atoms with Crippen molar-refractivity contribution in [1.82, 2.24) is 20.0 Å². The summed E-state index contributed by atoms with van der Waals surface area (Å²) >= 11 is 3.31. The summed E-state index contributed by atoms with van der Waals surface area (Å²) in [5, 5.41) is 6.96. The number of carbonyl (C=O) groups is 1. The first-order valence-electron chi connectivity index (χ1n) is 5.78. The van der Waals surface area contributed by atoms with Crippen molar-refractivity contribution in [2.24, 2.45) is 7.05 Å². The van der Waals surface area contributed by atoms with E-state index in [0.717, 1.165) is 24.1 Å². The summed E-state index contributed by atoms with van der Waals surface area (Å²) < 4.78 is 2.34. The first kappa shape index (κ1) is 14.2. The predicted molar refractivity (Wildman–Crippen MR) is 71.0 cm³/mol. The van der Waals surface area contributed by atoms with Crippen LogP contribution >= 0.6 is 15.9 Å². The van der Waals surface area contributed by atoms with E-state index in [4.69, 9.17) is 0 Å². The molecule has 0 aliphatic carbocycles. The molecule has 0 bridgehead atoms. The maximum Gasteiger partial charge on any atom is 0.273 e. The van der Waals surface area contributed by atoms with Gasteiger partial charge in [0.25, 0.3) is 5.91 Å². The van der Waals surface area contributed by atoms with Crippen LogP contribution in [0.3, 0.4) is 0 Å². The standard InChI is InChI=1S/C11H19BrN4O/c1-4-16(5-2)7-6-13-11(17)10-9(12)8-15(3)14-10/h8H,4-7H2,1-3H3,(H,13,17). The Morgan fingerprint density at radius 3 is 2.65 bits per heavy atom. The number of carbonyl (C=O) groups excluding carboxylic acids is 1. The van der Waals surface area contributed by atoms with Crippen LogP contribution in [-0.2, 0) is 7.05 Å². The van der Waals surface area contributed by atoms with E-state index in [1.165, 1.54) is 0 Å². The summed E-state index contributed by atoms with van der Waals surface area (Å²) in [6, 6.07) is 0. The van der Waals surface area contributed by atoms with Crippen molar-refractivity contribution in [3.8, 4) is 0 Å². The van der Waals surface area contributed by atoms with Gasteiger partial charge in [0.1, 0.15) is 0 Å². The molecular formula is C11H19BrN4O. The molecule has 0 fully saturated rings. The maximum absolute atomic E-state index is 11.8. The first-order valence-corrected chi connectivity index (χ1v) is 6.57. The summed E-state index contributed by atoms with van der Waals surface area (Å²) in [7, 11) is 1.79. The number of amides is 1. The second-order valence-corrected chi connectivity index (χ2v) is 4.64. The van der Waals surface area contributed by atoms with E-state index in [9.17, 15) is 4.79 Å². The van der Waals surface area contributed by atoms with E-state index in [1.54, 1.807) is 17.9 Å². The number of nitrogens with one attached hydrogen (secondary N) is 1. The number of likely N-dealkylation sites (N-methyl/N-ethyl adjacent to an activating group) is 1. The third-order valence-corrected chi connectivity index (χ3v) is 3.19. The Hall–Kier alpha value is -0.880. The average molecular weight is 303 g/mol. The fourth-order valence-corrected chi connectivity index (χ4v) is 2.12. The van der Waals surface area contributed by atoms with Crippen molar-refractivity contribution in [3.05, 3.63) is 16.4 Å². The van der Waals surface area contributed by atoms with Crippen molar-refractivity contribution >= 4 is 21.8 Å². The van der Waals surface area contributed by atoms with Gasteiger partial charge in [-0.05, 0) is 29.0 Å². The van der Waals surface area contributed by atoms with Gasteiger partial charge in [-0.25, -0.2) is 0 Å². The van der Waals surface area contributed by atoms with Gasteiger partial charge in [-0.3, -0.25) is 9.48 Å². The molecule has 96 valence electrons. The molecule has 0 saturated heterocycles. The lowest BCUT2D eigenvalue weighted by Crippen LogP contribution is -2.35. The SMILES string of the molecule is CCN(CC)CCNC(=O)c1nn(C)cc1Br. The van der Waals surface area contributed by atoms with Crippen LogP contribution in [0.25, 0.3) is 0 Å². The lowest BCUT2D eigenvalue weighted by atomic mass is 10.4. The third kappa shape index (κ3) is 4.12. The summed E-state index contributed by atoms with van der Waals surface area (Å²) in [4.78, 5) is 14.1. The molecular weight excluding hydrogens is 284 g/mol. The molecule has 1 aromatic heterocycles. The van der Waals surface area contributed by atoms with Crippen LogP contribution in [0.5, 0.6) is 0 Å². The molecule has 1 rings (SSSR count). The highest BCUT2D eigenvalue weighted by atomic mass is 79.9. The van der Waals surface area contributed by atoms with Crippen molar-refractivity contribution in [1.29, 1.82) is 0 Å². The highest BCUT2D eigenvalue weighted by Crippen LogP contribution is 2.13. The van der Waals surface area contributed by atoms with Crippen LogP contribution in [0.2, 0.25) is 0 Å². The Kier molecular flexibility index (Phi) is 5.64. The minimum Gasteiger partial charge on any atom is -0.349 e. The lowest BCUT2D eigenvalue weighted by molar-refractivity contribution is 0.0942. The quantitative estimate of drug-likeness (QED) is 0.860. The molecule has 1 aromatic rings. The van der Waals surface area contributed by atoms with Gasteiger partial charge in [-0.2, -0.15) is 5.10 Å². The van der Waals surface area contributed by atoms with Crippen LogP contribution in [0.1, 0.15) is 24.3 Å². The second-order valence-electron chi connectivity index (χ2n) is 3.78. The molecule has 0 atom stereocenters. The Balaban J connectivity index is 2.42. The second kappa shape index (κ2) is 6.76. The fourth-order valence-electron chi connectivity index (χ4n) is 1.56. The highest BCUT2D eigenvalue weighted by Gasteiger charge is 2.13. The van der Waals surface area contributed by atoms with E-state index >= 15 is 0 Å². The molecule has 0 radical (unpaired) electrons. The zero-order chi connectivity index (χ0) is 12.8. The third-order valence-electron chi connectivity index (χ3n) is 2.61. The van der Waals surface area contributed by atoms with E-state index in [-0.39, 0.29) is 5.91 Å². The molecule has 17 heavy (non-hydrogen) atoms. The number of hydrogen-bond acceptors (Lipinski definition) is 3. The van der Waals surface area contributed by atoms with E-state index in [1.807, 2.05) is 0 Å². The van der Waals surface area contributed by atoms with Crippen LogP contribution in [-0.4, -0.2) is 46.8 Å². The maximum atomic E-state index is 11.8. The molecule has 0 aromatic carbocycles. The zero-order valence-electron chi connectivity index (χ0n) is 10.5. The number of aryl methyl sites for hydroxylation is 1. The van der Waals surface area contributed by atoms with Crippen molar-refractivity contribution in [3.63, 3.8) is 0 Å². The van der Waals surface area contributed by atoms with Gasteiger partial charge in [0.05, 0.1) is 4.47 Å². The summed E-state index contributed by atoms with van der Waals surface area (Å²) in [5.41, 5.74) is 0.437. The molecule has 6 heteroatoms. The Morgan fingerprint density at radius 2 is 2.18 bits per heavy atom. The Labute approximate surface area is 110 Å². The molecule has 0 aliphatic rings. The number of rotatable bonds is 6. The van der Waals surface area contributed by atoms with Crippen LogP contribution < -0.4 is 5.32 Å². The van der Waals surface area contributed by atoms with E-state index in [0.29, 0.717) is 12.2 Å². The Morgan fingerprint density at radius 1 is 1.53 bits per heavy atom. The molecule has 5 nitrogen and oxygen atoms in total. The summed E-state index contributed by atoms with van der Waals surface area (Å²) in [6.07, 6.45) is 1.76. The molecule has 0 spiro atoms. The van der Waals surface area contributed by atoms with Crippen molar-refractivity contribution < 1.29 is 4.79 Å². The number of halogens is 1. The topological polar surface area (TPSA) is 50.2 Å². The molecule has 1 N–H and O–H groups in total. The molecule has 1 amide bonds. The monoisotopic (exact) mass is 302 g/mol. The predicted octanol–water partition coefficient (Wildman–Crippen LogP) is 1.25. The smallest absolute Gasteiger partial charge is 0.273 e. The largest absolute Gasteiger partial charge is 0.349 e. The lowest BCUT2D eigenvalue weighted by Gasteiger charge is -2.17. The highest BCUT2D eigenvalue weighted by molar-refractivity contribution is 9.10. The van der Waals surface area contributed by atoms with Crippen LogP contribution in [0.15, 0.2) is 10.7 Å². The minimum absolute atomic E-state index is 0.135. The van der Waals surface area contributed by atoms with E-state index in [2.05, 4.69) is 45.1 Å². The van der Waals surface area contributed by atoms with Gasteiger partial charge in [0.2, 0.25) is 0 Å². The summed E-state index contributed by atoms with van der Waals surface area (Å²) in [5.74, 6) is -0.135. The van der Waals surface area contributed by atoms with Gasteiger partial charge in [-0.15, -0.1) is 0 Å². The molecule has 1 heterocycles. The normalized spacial score (nSPS) is 10.9. The number of nitrogens with zero attached hydrogens (tertiary/aromatic N) is 3. The fraction of sp³-hybridized carbons (Fsp3) is 0.636. The zero-order valence-corrected chi connectivity index (χ0v) is 12.1. The van der Waals surface area contributed by atoms with Crippen molar-refractivity contribution in [2.75, 3.05) is 26.2 Å². The Bertz CT molecular complexity index is 374. The minimum atomic E-state index is -0.135. The number of hydrogen-bond donors (Lipinski definition) is 1. The van der Waals surface area contributed by atoms with Crippen LogP contribution in [0, 0.1) is 0 Å².